The molecule has 2 nitrogen and oxygen atoms in total. The van der Waals surface area contributed by atoms with E-state index in [-0.39, 0.29) is 11.9 Å². The van der Waals surface area contributed by atoms with Crippen LogP contribution >= 0.6 is 0 Å². The minimum absolute atomic E-state index is 0.160. The zero-order valence-corrected chi connectivity index (χ0v) is 12.1. The first-order valence-corrected chi connectivity index (χ1v) is 7.51. The highest BCUT2D eigenvalue weighted by atomic mass is 19.1. The van der Waals surface area contributed by atoms with Gasteiger partial charge in [-0.25, -0.2) is 4.39 Å². The number of benzene rings is 2. The summed E-state index contributed by atoms with van der Waals surface area (Å²) in [6, 6.07) is 17.5. The second-order valence-corrected chi connectivity index (χ2v) is 5.94. The average Bonchev–Trinajstić information content (AvgIpc) is 2.47. The number of hydrogen-bond donors (Lipinski definition) is 1. The van der Waals surface area contributed by atoms with Crippen LogP contribution in [0.4, 0.5) is 10.1 Å². The van der Waals surface area contributed by atoms with Crippen molar-refractivity contribution in [2.24, 2.45) is 11.7 Å². The predicted octanol–water partition coefficient (Wildman–Crippen LogP) is 3.22. The van der Waals surface area contributed by atoms with Crippen LogP contribution in [0.15, 0.2) is 54.6 Å². The number of nitrogens with two attached hydrogens (primary N) is 1. The van der Waals surface area contributed by atoms with Gasteiger partial charge in [-0.1, -0.05) is 30.3 Å². The van der Waals surface area contributed by atoms with E-state index in [0.29, 0.717) is 5.92 Å². The van der Waals surface area contributed by atoms with Crippen molar-refractivity contribution in [3.05, 3.63) is 66.0 Å². The predicted molar refractivity (Wildman–Crippen MR) is 84.8 cm³/mol. The molecule has 1 aliphatic heterocycles. The smallest absolute Gasteiger partial charge is 0.123 e. The maximum atomic E-state index is 13.3. The first-order chi connectivity index (χ1) is 10.2. The van der Waals surface area contributed by atoms with E-state index in [4.69, 9.17) is 5.73 Å². The molecule has 21 heavy (non-hydrogen) atoms. The Bertz CT molecular complexity index is 585. The number of rotatable bonds is 3. The monoisotopic (exact) mass is 284 g/mol. The van der Waals surface area contributed by atoms with E-state index in [2.05, 4.69) is 29.2 Å². The Labute approximate surface area is 125 Å². The van der Waals surface area contributed by atoms with Crippen molar-refractivity contribution in [3.63, 3.8) is 0 Å². The standard InChI is InChI=1S/C18H21FN2/c19-16-6-4-5-14(10-16)9-15-11-17(20)13-21(12-15)18-7-2-1-3-8-18/h1-8,10,15,17H,9,11-13,20H2. The summed E-state index contributed by atoms with van der Waals surface area (Å²) >= 11 is 0. The minimum Gasteiger partial charge on any atom is -0.370 e. The molecule has 2 aromatic carbocycles. The molecule has 3 heteroatoms. The molecule has 0 radical (unpaired) electrons. The van der Waals surface area contributed by atoms with Crippen LogP contribution in [0.3, 0.4) is 0 Å². The molecule has 2 atom stereocenters. The largest absolute Gasteiger partial charge is 0.370 e. The fourth-order valence-electron chi connectivity index (χ4n) is 3.24. The molecule has 0 aliphatic carbocycles. The van der Waals surface area contributed by atoms with Gasteiger partial charge in [0.1, 0.15) is 5.82 Å². The molecule has 0 aromatic heterocycles. The fraction of sp³-hybridized carbons (Fsp3) is 0.333. The first kappa shape index (κ1) is 14.1. The van der Waals surface area contributed by atoms with E-state index in [1.807, 2.05) is 12.1 Å². The van der Waals surface area contributed by atoms with Crippen molar-refractivity contribution >= 4 is 5.69 Å². The van der Waals surface area contributed by atoms with Crippen LogP contribution in [0.25, 0.3) is 0 Å². The minimum atomic E-state index is -0.160. The third-order valence-corrected chi connectivity index (χ3v) is 4.10. The van der Waals surface area contributed by atoms with Crippen LogP contribution in [0, 0.1) is 11.7 Å². The molecule has 1 saturated heterocycles. The Morgan fingerprint density at radius 3 is 2.62 bits per heavy atom. The lowest BCUT2D eigenvalue weighted by Crippen LogP contribution is -2.47. The lowest BCUT2D eigenvalue weighted by atomic mass is 9.89. The van der Waals surface area contributed by atoms with Gasteiger partial charge >= 0.3 is 0 Å². The van der Waals surface area contributed by atoms with Gasteiger partial charge in [-0.15, -0.1) is 0 Å². The molecule has 3 rings (SSSR count). The van der Waals surface area contributed by atoms with Crippen molar-refractivity contribution in [2.75, 3.05) is 18.0 Å². The van der Waals surface area contributed by atoms with Gasteiger partial charge < -0.3 is 10.6 Å². The van der Waals surface area contributed by atoms with Crippen LogP contribution in [0.2, 0.25) is 0 Å². The molecule has 1 fully saturated rings. The third kappa shape index (κ3) is 3.61. The van der Waals surface area contributed by atoms with Gasteiger partial charge in [0.15, 0.2) is 0 Å². The van der Waals surface area contributed by atoms with Gasteiger partial charge in [-0.2, -0.15) is 0 Å². The maximum absolute atomic E-state index is 13.3. The molecule has 0 bridgehead atoms. The number of para-hydroxylation sites is 1. The molecule has 1 aliphatic rings. The summed E-state index contributed by atoms with van der Waals surface area (Å²) in [6.45, 7) is 1.87. The summed E-state index contributed by atoms with van der Waals surface area (Å²) in [7, 11) is 0. The Hall–Kier alpha value is -1.87. The fourth-order valence-corrected chi connectivity index (χ4v) is 3.24. The summed E-state index contributed by atoms with van der Waals surface area (Å²) in [4.78, 5) is 2.35. The number of halogens is 1. The number of hydrogen-bond acceptors (Lipinski definition) is 2. The van der Waals surface area contributed by atoms with Gasteiger partial charge in [0.25, 0.3) is 0 Å². The third-order valence-electron chi connectivity index (χ3n) is 4.10. The molecule has 2 N–H and O–H groups in total. The Kier molecular flexibility index (Phi) is 4.20. The van der Waals surface area contributed by atoms with E-state index < -0.39 is 0 Å². The van der Waals surface area contributed by atoms with E-state index in [1.165, 1.54) is 11.8 Å². The highest BCUT2D eigenvalue weighted by molar-refractivity contribution is 5.46. The SMILES string of the molecule is NC1CC(Cc2cccc(F)c2)CN(c2ccccc2)C1. The van der Waals surface area contributed by atoms with Crippen LogP contribution in [0.1, 0.15) is 12.0 Å². The van der Waals surface area contributed by atoms with Crippen molar-refractivity contribution in [1.82, 2.24) is 0 Å². The number of piperidine rings is 1. The van der Waals surface area contributed by atoms with Crippen LogP contribution in [-0.4, -0.2) is 19.1 Å². The van der Waals surface area contributed by atoms with Crippen molar-refractivity contribution in [3.8, 4) is 0 Å². The zero-order valence-electron chi connectivity index (χ0n) is 12.1. The highest BCUT2D eigenvalue weighted by Gasteiger charge is 2.25. The zero-order chi connectivity index (χ0) is 14.7. The molecule has 0 saturated carbocycles. The lowest BCUT2D eigenvalue weighted by Gasteiger charge is -2.38. The summed E-state index contributed by atoms with van der Waals surface area (Å²) in [6.07, 6.45) is 1.88. The molecule has 110 valence electrons. The summed E-state index contributed by atoms with van der Waals surface area (Å²) in [5.74, 6) is 0.309. The summed E-state index contributed by atoms with van der Waals surface area (Å²) in [5, 5.41) is 0. The van der Waals surface area contributed by atoms with E-state index >= 15 is 0 Å². The van der Waals surface area contributed by atoms with Crippen molar-refractivity contribution in [2.45, 2.75) is 18.9 Å². The average molecular weight is 284 g/mol. The summed E-state index contributed by atoms with van der Waals surface area (Å²) in [5.41, 5.74) is 8.50. The summed E-state index contributed by atoms with van der Waals surface area (Å²) < 4.78 is 13.3. The quantitative estimate of drug-likeness (QED) is 0.937. The first-order valence-electron chi connectivity index (χ1n) is 7.51. The Morgan fingerprint density at radius 2 is 1.86 bits per heavy atom. The molecule has 0 amide bonds. The van der Waals surface area contributed by atoms with Crippen molar-refractivity contribution < 1.29 is 4.39 Å². The molecule has 2 unspecified atom stereocenters. The number of nitrogens with zero attached hydrogens (tertiary/aromatic N) is 1. The van der Waals surface area contributed by atoms with Gasteiger partial charge in [0.2, 0.25) is 0 Å². The van der Waals surface area contributed by atoms with E-state index in [0.717, 1.165) is 31.5 Å². The van der Waals surface area contributed by atoms with Gasteiger partial charge in [0.05, 0.1) is 0 Å². The van der Waals surface area contributed by atoms with Gasteiger partial charge in [0, 0.05) is 24.8 Å². The molecule has 0 spiro atoms. The second-order valence-electron chi connectivity index (χ2n) is 5.94. The van der Waals surface area contributed by atoms with Gasteiger partial charge in [-0.3, -0.25) is 0 Å². The molecule has 1 heterocycles. The topological polar surface area (TPSA) is 29.3 Å². The normalized spacial score (nSPS) is 22.3. The van der Waals surface area contributed by atoms with Crippen LogP contribution < -0.4 is 10.6 Å². The van der Waals surface area contributed by atoms with Gasteiger partial charge in [-0.05, 0) is 48.6 Å². The van der Waals surface area contributed by atoms with E-state index in [9.17, 15) is 4.39 Å². The Balaban J connectivity index is 1.71. The molecular weight excluding hydrogens is 263 g/mol. The highest BCUT2D eigenvalue weighted by Crippen LogP contribution is 2.25. The lowest BCUT2D eigenvalue weighted by molar-refractivity contribution is 0.374. The second kappa shape index (κ2) is 6.27. The molecular formula is C18H21FN2. The Morgan fingerprint density at radius 1 is 1.05 bits per heavy atom. The van der Waals surface area contributed by atoms with Crippen LogP contribution in [-0.2, 0) is 6.42 Å². The van der Waals surface area contributed by atoms with Crippen LogP contribution in [0.5, 0.6) is 0 Å². The van der Waals surface area contributed by atoms with E-state index in [1.54, 1.807) is 12.1 Å². The van der Waals surface area contributed by atoms with Crippen molar-refractivity contribution in [1.29, 1.82) is 0 Å². The maximum Gasteiger partial charge on any atom is 0.123 e. The molecule has 2 aromatic rings. The number of anilines is 1.